The first-order valence-corrected chi connectivity index (χ1v) is 6.23. The van der Waals surface area contributed by atoms with E-state index in [0.717, 1.165) is 21.0 Å². The maximum absolute atomic E-state index is 10.4. The number of aliphatic hydroxyl groups excluding tert-OH is 1. The molecule has 0 spiro atoms. The monoisotopic (exact) mass is 244 g/mol. The van der Waals surface area contributed by atoms with Gasteiger partial charge in [0.25, 0.3) is 0 Å². The van der Waals surface area contributed by atoms with Gasteiger partial charge in [-0.25, -0.2) is 4.98 Å². The highest BCUT2D eigenvalue weighted by molar-refractivity contribution is 7.17. The van der Waals surface area contributed by atoms with Gasteiger partial charge in [-0.2, -0.15) is 0 Å². The zero-order valence-corrected chi connectivity index (χ0v) is 10.2. The number of imidazole rings is 1. The van der Waals surface area contributed by atoms with Crippen LogP contribution in [0.3, 0.4) is 0 Å². The smallest absolute Gasteiger partial charge is 0.120 e. The molecule has 3 nitrogen and oxygen atoms in total. The molecule has 1 unspecified atom stereocenters. The van der Waals surface area contributed by atoms with Gasteiger partial charge in [0.2, 0.25) is 0 Å². The summed E-state index contributed by atoms with van der Waals surface area (Å²) >= 11 is 1.65. The molecule has 17 heavy (non-hydrogen) atoms. The third-order valence-electron chi connectivity index (χ3n) is 2.86. The van der Waals surface area contributed by atoms with Gasteiger partial charge in [-0.1, -0.05) is 30.3 Å². The molecule has 1 N–H and O–H groups in total. The number of hydrogen-bond acceptors (Lipinski definition) is 3. The summed E-state index contributed by atoms with van der Waals surface area (Å²) in [6.45, 7) is 2.03. The van der Waals surface area contributed by atoms with Crippen molar-refractivity contribution in [2.24, 2.45) is 0 Å². The molecule has 0 saturated carbocycles. The highest BCUT2D eigenvalue weighted by Crippen LogP contribution is 2.30. The Morgan fingerprint density at radius 3 is 2.82 bits per heavy atom. The predicted molar refractivity (Wildman–Crippen MR) is 68.3 cm³/mol. The minimum absolute atomic E-state index is 0.598. The molecule has 0 aliphatic carbocycles. The van der Waals surface area contributed by atoms with E-state index in [9.17, 15) is 5.11 Å². The Bertz CT molecular complexity index is 642. The maximum Gasteiger partial charge on any atom is 0.120 e. The van der Waals surface area contributed by atoms with E-state index in [-0.39, 0.29) is 0 Å². The highest BCUT2D eigenvalue weighted by Gasteiger charge is 2.18. The normalized spacial score (nSPS) is 13.1. The van der Waals surface area contributed by atoms with Crippen LogP contribution in [0.1, 0.15) is 22.2 Å². The number of benzene rings is 1. The topological polar surface area (TPSA) is 37.5 Å². The number of rotatable bonds is 2. The van der Waals surface area contributed by atoms with E-state index in [1.54, 1.807) is 17.7 Å². The molecule has 0 radical (unpaired) electrons. The third kappa shape index (κ3) is 1.66. The minimum Gasteiger partial charge on any atom is -0.382 e. The van der Waals surface area contributed by atoms with E-state index in [1.165, 1.54) is 0 Å². The number of hydrogen-bond donors (Lipinski definition) is 1. The van der Waals surface area contributed by atoms with Crippen LogP contribution in [-0.2, 0) is 0 Å². The standard InChI is InChI=1S/C13H12N2OS/c1-9-12(15-8-14-7-11(15)17-9)13(16)10-5-3-2-4-6-10/h2-8,13,16H,1H3. The fraction of sp³-hybridized carbons (Fsp3) is 0.154. The predicted octanol–water partition coefficient (Wildman–Crippen LogP) is 2.79. The first-order valence-electron chi connectivity index (χ1n) is 5.41. The molecule has 0 bridgehead atoms. The average molecular weight is 244 g/mol. The Morgan fingerprint density at radius 2 is 2.06 bits per heavy atom. The van der Waals surface area contributed by atoms with E-state index >= 15 is 0 Å². The summed E-state index contributed by atoms with van der Waals surface area (Å²) in [6.07, 6.45) is 2.97. The Morgan fingerprint density at radius 1 is 1.29 bits per heavy atom. The van der Waals surface area contributed by atoms with Crippen LogP contribution in [0.4, 0.5) is 0 Å². The molecule has 86 valence electrons. The van der Waals surface area contributed by atoms with E-state index in [1.807, 2.05) is 47.9 Å². The van der Waals surface area contributed by atoms with Crippen LogP contribution in [0.15, 0.2) is 42.9 Å². The molecule has 0 fully saturated rings. The first kappa shape index (κ1) is 10.5. The lowest BCUT2D eigenvalue weighted by atomic mass is 10.1. The van der Waals surface area contributed by atoms with Gasteiger partial charge in [-0.3, -0.25) is 4.40 Å². The van der Waals surface area contributed by atoms with Crippen LogP contribution in [0.2, 0.25) is 0 Å². The summed E-state index contributed by atoms with van der Waals surface area (Å²) in [4.78, 5) is 6.29. The molecule has 4 heteroatoms. The third-order valence-corrected chi connectivity index (χ3v) is 3.88. The van der Waals surface area contributed by atoms with Crippen molar-refractivity contribution >= 4 is 16.2 Å². The molecule has 1 atom stereocenters. The highest BCUT2D eigenvalue weighted by atomic mass is 32.1. The van der Waals surface area contributed by atoms with Gasteiger partial charge < -0.3 is 5.11 Å². The summed E-state index contributed by atoms with van der Waals surface area (Å²) in [5, 5.41) is 10.4. The SMILES string of the molecule is Cc1sc2cncn2c1C(O)c1ccccc1. The van der Waals surface area contributed by atoms with E-state index < -0.39 is 6.10 Å². The average Bonchev–Trinajstić information content (AvgIpc) is 2.89. The summed E-state index contributed by atoms with van der Waals surface area (Å²) < 4.78 is 1.96. The van der Waals surface area contributed by atoms with Crippen LogP contribution in [-0.4, -0.2) is 14.5 Å². The number of fused-ring (bicyclic) bond motifs is 1. The lowest BCUT2D eigenvalue weighted by molar-refractivity contribution is 0.214. The summed E-state index contributed by atoms with van der Waals surface area (Å²) in [5.41, 5.74) is 1.82. The number of thiazole rings is 1. The van der Waals surface area contributed by atoms with E-state index in [0.29, 0.717) is 0 Å². The van der Waals surface area contributed by atoms with Gasteiger partial charge in [0, 0.05) is 4.88 Å². The van der Waals surface area contributed by atoms with Gasteiger partial charge in [0.15, 0.2) is 0 Å². The maximum atomic E-state index is 10.4. The molecule has 2 heterocycles. The molecule has 3 aromatic rings. The molecule has 3 rings (SSSR count). The van der Waals surface area contributed by atoms with Crippen LogP contribution in [0.25, 0.3) is 4.83 Å². The molecule has 2 aromatic heterocycles. The van der Waals surface area contributed by atoms with Crippen molar-refractivity contribution in [1.29, 1.82) is 0 Å². The largest absolute Gasteiger partial charge is 0.382 e. The van der Waals surface area contributed by atoms with Gasteiger partial charge in [0.05, 0.1) is 11.9 Å². The van der Waals surface area contributed by atoms with Gasteiger partial charge >= 0.3 is 0 Å². The number of aliphatic hydroxyl groups is 1. The van der Waals surface area contributed by atoms with E-state index in [2.05, 4.69) is 4.98 Å². The second-order valence-electron chi connectivity index (χ2n) is 3.96. The van der Waals surface area contributed by atoms with Crippen LogP contribution < -0.4 is 0 Å². The number of nitrogens with zero attached hydrogens (tertiary/aromatic N) is 2. The van der Waals surface area contributed by atoms with Gasteiger partial charge in [-0.05, 0) is 12.5 Å². The van der Waals surface area contributed by atoms with Crippen molar-refractivity contribution < 1.29 is 5.11 Å². The van der Waals surface area contributed by atoms with E-state index in [4.69, 9.17) is 0 Å². The lowest BCUT2D eigenvalue weighted by Gasteiger charge is -2.11. The zero-order valence-electron chi connectivity index (χ0n) is 9.37. The Kier molecular flexibility index (Phi) is 2.46. The fourth-order valence-corrected chi connectivity index (χ4v) is 3.02. The van der Waals surface area contributed by atoms with Crippen LogP contribution in [0, 0.1) is 6.92 Å². The van der Waals surface area contributed by atoms with Crippen molar-refractivity contribution in [3.05, 3.63) is 59.0 Å². The molecular weight excluding hydrogens is 232 g/mol. The van der Waals surface area contributed by atoms with Crippen molar-refractivity contribution in [2.75, 3.05) is 0 Å². The molecule has 0 saturated heterocycles. The minimum atomic E-state index is -0.598. The van der Waals surface area contributed by atoms with Crippen molar-refractivity contribution in [1.82, 2.24) is 9.38 Å². The second kappa shape index (κ2) is 3.98. The lowest BCUT2D eigenvalue weighted by Crippen LogP contribution is -2.04. The number of aromatic nitrogens is 2. The summed E-state index contributed by atoms with van der Waals surface area (Å²) in [6, 6.07) is 9.69. The van der Waals surface area contributed by atoms with Crippen LogP contribution >= 0.6 is 11.3 Å². The molecule has 0 amide bonds. The van der Waals surface area contributed by atoms with Crippen LogP contribution in [0.5, 0.6) is 0 Å². The quantitative estimate of drug-likeness (QED) is 0.752. The molecule has 1 aromatic carbocycles. The van der Waals surface area contributed by atoms with Crippen molar-refractivity contribution in [3.8, 4) is 0 Å². The zero-order chi connectivity index (χ0) is 11.8. The Labute approximate surface area is 103 Å². The molecule has 0 aliphatic heterocycles. The molecule has 0 aliphatic rings. The Hall–Kier alpha value is -1.65. The van der Waals surface area contributed by atoms with Crippen molar-refractivity contribution in [3.63, 3.8) is 0 Å². The second-order valence-corrected chi connectivity index (χ2v) is 5.19. The fourth-order valence-electron chi connectivity index (χ4n) is 2.04. The van der Waals surface area contributed by atoms with Gasteiger partial charge in [-0.15, -0.1) is 11.3 Å². The summed E-state index contributed by atoms with van der Waals surface area (Å²) in [5.74, 6) is 0. The Balaban J connectivity index is 2.15. The van der Waals surface area contributed by atoms with Crippen molar-refractivity contribution in [2.45, 2.75) is 13.0 Å². The summed E-state index contributed by atoms with van der Waals surface area (Å²) in [7, 11) is 0. The first-order chi connectivity index (χ1) is 8.27. The van der Waals surface area contributed by atoms with Gasteiger partial charge in [0.1, 0.15) is 17.3 Å². The number of aryl methyl sites for hydroxylation is 1. The molecular formula is C13H12N2OS.